The fourth-order valence-corrected chi connectivity index (χ4v) is 1.54. The highest BCUT2D eigenvalue weighted by Gasteiger charge is 2.44. The Morgan fingerprint density at radius 3 is 2.27 bits per heavy atom. The molecule has 1 aliphatic rings. The minimum atomic E-state index is -1.45. The molecule has 0 amide bonds. The Balaban J connectivity index is 2.70. The largest absolute Gasteiger partial charge is 0.394 e. The smallest absolute Gasteiger partial charge is 0.184 e. The molecule has 0 saturated carbocycles. The summed E-state index contributed by atoms with van der Waals surface area (Å²) in [5.74, 6) is 0. The molecule has 1 fully saturated rings. The standard InChI is InChI=1S/C9H18O6/c1-4(2)14-8-6(11)5(3-10)15-9(13)7(8)12/h4-13H,3H2,1-2H3/t5-,6-,7-,8+,9-/m1/s1. The molecule has 0 aliphatic carbocycles. The van der Waals surface area contributed by atoms with Crippen molar-refractivity contribution in [1.29, 1.82) is 0 Å². The van der Waals surface area contributed by atoms with Crippen LogP contribution in [0.1, 0.15) is 13.8 Å². The molecule has 4 N–H and O–H groups in total. The van der Waals surface area contributed by atoms with E-state index in [1.54, 1.807) is 13.8 Å². The van der Waals surface area contributed by atoms with Gasteiger partial charge in [0.1, 0.15) is 24.4 Å². The molecular weight excluding hydrogens is 204 g/mol. The quantitative estimate of drug-likeness (QED) is 0.450. The molecular formula is C9H18O6. The molecule has 15 heavy (non-hydrogen) atoms. The lowest BCUT2D eigenvalue weighted by molar-refractivity contribution is -0.298. The van der Waals surface area contributed by atoms with E-state index in [4.69, 9.17) is 14.6 Å². The third-order valence-corrected chi connectivity index (χ3v) is 2.27. The van der Waals surface area contributed by atoms with Crippen LogP contribution in [0.3, 0.4) is 0 Å². The molecule has 1 saturated heterocycles. The first-order valence-electron chi connectivity index (χ1n) is 4.93. The molecule has 1 aliphatic heterocycles. The average molecular weight is 222 g/mol. The number of hydrogen-bond donors (Lipinski definition) is 4. The summed E-state index contributed by atoms with van der Waals surface area (Å²) in [5, 5.41) is 37.4. The predicted molar refractivity (Wildman–Crippen MR) is 50.0 cm³/mol. The lowest BCUT2D eigenvalue weighted by atomic mass is 9.99. The van der Waals surface area contributed by atoms with Gasteiger partial charge in [-0.15, -0.1) is 0 Å². The van der Waals surface area contributed by atoms with Gasteiger partial charge in [0.2, 0.25) is 0 Å². The van der Waals surface area contributed by atoms with Gasteiger partial charge in [0.25, 0.3) is 0 Å². The molecule has 1 rings (SSSR count). The van der Waals surface area contributed by atoms with E-state index < -0.39 is 37.3 Å². The average Bonchev–Trinajstić information content (AvgIpc) is 2.18. The molecule has 0 aromatic carbocycles. The van der Waals surface area contributed by atoms with Crippen molar-refractivity contribution in [1.82, 2.24) is 0 Å². The number of aliphatic hydroxyl groups excluding tert-OH is 4. The van der Waals surface area contributed by atoms with Crippen molar-refractivity contribution in [3.8, 4) is 0 Å². The Labute approximate surface area is 88.1 Å². The molecule has 0 aromatic rings. The van der Waals surface area contributed by atoms with E-state index in [0.717, 1.165) is 0 Å². The Morgan fingerprint density at radius 2 is 1.80 bits per heavy atom. The van der Waals surface area contributed by atoms with Crippen LogP contribution in [0.4, 0.5) is 0 Å². The molecule has 6 nitrogen and oxygen atoms in total. The normalized spacial score (nSPS) is 42.2. The maximum absolute atomic E-state index is 9.68. The molecule has 6 heteroatoms. The Kier molecular flexibility index (Phi) is 4.45. The van der Waals surface area contributed by atoms with Gasteiger partial charge < -0.3 is 29.9 Å². The first-order valence-corrected chi connectivity index (χ1v) is 4.93. The van der Waals surface area contributed by atoms with E-state index in [1.807, 2.05) is 0 Å². The Bertz CT molecular complexity index is 197. The number of aliphatic hydroxyl groups is 4. The molecule has 0 bridgehead atoms. The summed E-state index contributed by atoms with van der Waals surface area (Å²) in [4.78, 5) is 0. The van der Waals surface area contributed by atoms with E-state index in [1.165, 1.54) is 0 Å². The molecule has 5 atom stereocenters. The topological polar surface area (TPSA) is 99.4 Å². The molecule has 0 spiro atoms. The van der Waals surface area contributed by atoms with Gasteiger partial charge in [0.05, 0.1) is 12.7 Å². The Morgan fingerprint density at radius 1 is 1.20 bits per heavy atom. The van der Waals surface area contributed by atoms with Crippen molar-refractivity contribution < 1.29 is 29.9 Å². The van der Waals surface area contributed by atoms with E-state index in [9.17, 15) is 15.3 Å². The van der Waals surface area contributed by atoms with Crippen LogP contribution in [0.2, 0.25) is 0 Å². The summed E-state index contributed by atoms with van der Waals surface area (Å²) >= 11 is 0. The van der Waals surface area contributed by atoms with Crippen molar-refractivity contribution >= 4 is 0 Å². The molecule has 90 valence electrons. The van der Waals surface area contributed by atoms with Crippen LogP contribution in [0.5, 0.6) is 0 Å². The first kappa shape index (κ1) is 12.8. The van der Waals surface area contributed by atoms with Crippen molar-refractivity contribution in [2.24, 2.45) is 0 Å². The number of hydrogen-bond acceptors (Lipinski definition) is 6. The first-order chi connectivity index (χ1) is 6.97. The van der Waals surface area contributed by atoms with E-state index in [0.29, 0.717) is 0 Å². The third kappa shape index (κ3) is 2.87. The van der Waals surface area contributed by atoms with Crippen LogP contribution >= 0.6 is 0 Å². The SMILES string of the molecule is CC(C)O[C@@H]1[C@@H](O)[C@H](O)O[C@H](CO)[C@H]1O. The second-order valence-corrected chi connectivity index (χ2v) is 3.88. The van der Waals surface area contributed by atoms with Crippen LogP contribution in [-0.2, 0) is 9.47 Å². The molecule has 0 unspecified atom stereocenters. The lowest BCUT2D eigenvalue weighted by Crippen LogP contribution is -2.59. The van der Waals surface area contributed by atoms with Gasteiger partial charge in [-0.1, -0.05) is 0 Å². The highest BCUT2D eigenvalue weighted by Crippen LogP contribution is 2.23. The van der Waals surface area contributed by atoms with Crippen molar-refractivity contribution in [3.63, 3.8) is 0 Å². The predicted octanol–water partition coefficient (Wildman–Crippen LogP) is -1.79. The minimum absolute atomic E-state index is 0.205. The number of rotatable bonds is 3. The summed E-state index contributed by atoms with van der Waals surface area (Å²) in [5.41, 5.74) is 0. The highest BCUT2D eigenvalue weighted by molar-refractivity contribution is 4.89. The second-order valence-electron chi connectivity index (χ2n) is 3.88. The van der Waals surface area contributed by atoms with Gasteiger partial charge in [-0.2, -0.15) is 0 Å². The van der Waals surface area contributed by atoms with Crippen molar-refractivity contribution in [2.45, 2.75) is 50.7 Å². The van der Waals surface area contributed by atoms with E-state index in [-0.39, 0.29) is 6.10 Å². The maximum atomic E-state index is 9.68. The van der Waals surface area contributed by atoms with Crippen LogP contribution < -0.4 is 0 Å². The van der Waals surface area contributed by atoms with Crippen LogP contribution in [0.25, 0.3) is 0 Å². The maximum Gasteiger partial charge on any atom is 0.184 e. The minimum Gasteiger partial charge on any atom is -0.394 e. The van der Waals surface area contributed by atoms with E-state index >= 15 is 0 Å². The van der Waals surface area contributed by atoms with Gasteiger partial charge in [-0.25, -0.2) is 0 Å². The van der Waals surface area contributed by atoms with Crippen molar-refractivity contribution in [2.75, 3.05) is 6.61 Å². The van der Waals surface area contributed by atoms with Crippen LogP contribution in [0.15, 0.2) is 0 Å². The molecule has 1 heterocycles. The van der Waals surface area contributed by atoms with Gasteiger partial charge in [-0.3, -0.25) is 0 Å². The summed E-state index contributed by atoms with van der Waals surface area (Å²) in [6.45, 7) is 3.05. The second kappa shape index (κ2) is 5.20. The lowest BCUT2D eigenvalue weighted by Gasteiger charge is -2.40. The summed E-state index contributed by atoms with van der Waals surface area (Å²) in [6.07, 6.45) is -6.02. The monoisotopic (exact) mass is 222 g/mol. The Hall–Kier alpha value is -0.240. The highest BCUT2D eigenvalue weighted by atomic mass is 16.6. The zero-order valence-corrected chi connectivity index (χ0v) is 8.78. The summed E-state index contributed by atoms with van der Waals surface area (Å²) in [6, 6.07) is 0. The number of ether oxygens (including phenoxy) is 2. The van der Waals surface area contributed by atoms with Gasteiger partial charge >= 0.3 is 0 Å². The van der Waals surface area contributed by atoms with Crippen LogP contribution in [-0.4, -0.2) is 63.8 Å². The zero-order valence-electron chi connectivity index (χ0n) is 8.78. The molecule has 0 radical (unpaired) electrons. The fraction of sp³-hybridized carbons (Fsp3) is 1.00. The summed E-state index contributed by atoms with van der Waals surface area (Å²) < 4.78 is 10.1. The molecule has 0 aromatic heterocycles. The van der Waals surface area contributed by atoms with Crippen LogP contribution in [0, 0.1) is 0 Å². The van der Waals surface area contributed by atoms with Gasteiger partial charge in [0, 0.05) is 0 Å². The van der Waals surface area contributed by atoms with Gasteiger partial charge in [-0.05, 0) is 13.8 Å². The van der Waals surface area contributed by atoms with Gasteiger partial charge in [0.15, 0.2) is 6.29 Å². The van der Waals surface area contributed by atoms with E-state index in [2.05, 4.69) is 0 Å². The zero-order chi connectivity index (χ0) is 11.6. The summed E-state index contributed by atoms with van der Waals surface area (Å²) in [7, 11) is 0. The third-order valence-electron chi connectivity index (χ3n) is 2.27. The fourth-order valence-electron chi connectivity index (χ4n) is 1.54. The van der Waals surface area contributed by atoms with Crippen molar-refractivity contribution in [3.05, 3.63) is 0 Å².